The molecule has 0 unspecified atom stereocenters. The van der Waals surface area contributed by atoms with Crippen molar-refractivity contribution in [3.05, 3.63) is 97.6 Å². The van der Waals surface area contributed by atoms with Crippen LogP contribution in [0, 0.1) is 0 Å². The van der Waals surface area contributed by atoms with Crippen LogP contribution in [0.15, 0.2) is 97.6 Å². The number of aromatic hydroxyl groups is 4. The summed E-state index contributed by atoms with van der Waals surface area (Å²) >= 11 is 1.82. The number of hydrogen-bond donors (Lipinski definition) is 4. The quantitative estimate of drug-likeness (QED) is 0.219. The first-order chi connectivity index (χ1) is 14.6. The van der Waals surface area contributed by atoms with Gasteiger partial charge in [-0.15, -0.1) is 0 Å². The average molecular weight is 618 g/mol. The summed E-state index contributed by atoms with van der Waals surface area (Å²) in [6.45, 7) is 0. The van der Waals surface area contributed by atoms with E-state index in [0.717, 1.165) is 0 Å². The van der Waals surface area contributed by atoms with Crippen LogP contribution < -0.4 is 0 Å². The molecule has 4 N–H and O–H groups in total. The largest absolute Gasteiger partial charge is 0 e. The van der Waals surface area contributed by atoms with E-state index in [9.17, 15) is 0 Å². The van der Waals surface area contributed by atoms with Crippen molar-refractivity contribution in [1.29, 1.82) is 0 Å². The molecule has 0 radical (unpaired) electrons. The van der Waals surface area contributed by atoms with Crippen molar-refractivity contribution in [3.8, 4) is 23.5 Å². The van der Waals surface area contributed by atoms with Crippen LogP contribution in [0.1, 0.15) is 0 Å². The first-order valence-corrected chi connectivity index (χ1v) is 10.3. The zero-order valence-corrected chi connectivity index (χ0v) is 20.1. The van der Waals surface area contributed by atoms with E-state index in [1.807, 2.05) is 17.3 Å². The van der Waals surface area contributed by atoms with Crippen molar-refractivity contribution in [2.75, 3.05) is 0 Å². The van der Waals surface area contributed by atoms with E-state index < -0.39 is 0 Å². The molecule has 31 heavy (non-hydrogen) atoms. The molecule has 167 valence electrons. The maximum absolute atomic E-state index is 8.52. The van der Waals surface area contributed by atoms with Gasteiger partial charge in [0.05, 0.1) is 0 Å². The van der Waals surface area contributed by atoms with Crippen molar-refractivity contribution in [3.63, 3.8) is 0 Å². The van der Waals surface area contributed by atoms with Gasteiger partial charge in [-0.1, -0.05) is 24.3 Å². The Morgan fingerprint density at radius 1 is 0.452 bits per heavy atom. The first-order valence-electron chi connectivity index (χ1n) is 8.11. The predicted octanol–water partition coefficient (Wildman–Crippen LogP) is 3.83. The number of hydrogen-bond acceptors (Lipinski definition) is 8. The Morgan fingerprint density at radius 3 is 0.710 bits per heavy atom. The van der Waals surface area contributed by atoms with Crippen molar-refractivity contribution >= 4 is 9.69 Å². The van der Waals surface area contributed by atoms with Crippen LogP contribution in [0.2, 0.25) is 0 Å². The molecule has 8 nitrogen and oxygen atoms in total. The summed E-state index contributed by atoms with van der Waals surface area (Å²) in [4.78, 5) is 14.1. The molecule has 0 saturated carbocycles. The van der Waals surface area contributed by atoms with Crippen LogP contribution in [0.3, 0.4) is 0 Å². The third kappa shape index (κ3) is 20.4. The monoisotopic (exact) mass is 619 g/mol. The number of rotatable bonds is 0. The summed E-state index contributed by atoms with van der Waals surface area (Å²) in [6, 6.07) is 20.0. The van der Waals surface area contributed by atoms with E-state index in [4.69, 9.17) is 20.4 Å². The molecule has 4 aromatic heterocycles. The van der Waals surface area contributed by atoms with Gasteiger partial charge in [0.25, 0.3) is 0 Å². The number of aromatic nitrogens is 4. The molecule has 0 saturated heterocycles. The third-order valence-corrected chi connectivity index (χ3v) is 2.60. The SMILES string of the molecule is Oc1ccccn1.Oc1ccccn1.Oc1ccccn1.Oc1ccccn1.[Cl][Ru].[Ru]. The molecule has 11 heteroatoms. The Bertz CT molecular complexity index is 719. The van der Waals surface area contributed by atoms with E-state index in [-0.39, 0.29) is 43.0 Å². The molecule has 0 aliphatic heterocycles. The summed E-state index contributed by atoms with van der Waals surface area (Å²) in [5.41, 5.74) is 0. The normalized spacial score (nSPS) is 7.94. The molecule has 0 amide bonds. The van der Waals surface area contributed by atoms with Gasteiger partial charge in [0.2, 0.25) is 23.5 Å². The van der Waals surface area contributed by atoms with Gasteiger partial charge in [-0.05, 0) is 24.3 Å². The molecule has 4 heterocycles. The third-order valence-electron chi connectivity index (χ3n) is 2.60. The molecule has 0 fully saturated rings. The molecular weight excluding hydrogens is 598 g/mol. The zero-order chi connectivity index (χ0) is 22.5. The van der Waals surface area contributed by atoms with Crippen molar-refractivity contribution in [2.24, 2.45) is 0 Å². The van der Waals surface area contributed by atoms with E-state index in [1.54, 1.807) is 48.5 Å². The van der Waals surface area contributed by atoms with E-state index in [1.165, 1.54) is 49.1 Å². The van der Waals surface area contributed by atoms with Gasteiger partial charge in [-0.3, -0.25) is 0 Å². The van der Waals surface area contributed by atoms with Gasteiger partial charge < -0.3 is 20.4 Å². The molecule has 4 aromatic rings. The fourth-order valence-electron chi connectivity index (χ4n) is 1.41. The Hall–Kier alpha value is -2.66. The first kappa shape index (κ1) is 30.5. The number of nitrogens with zero attached hydrogens (tertiary/aromatic N) is 4. The maximum Gasteiger partial charge on any atom is 0 e. The van der Waals surface area contributed by atoms with Gasteiger partial charge in [-0.2, -0.15) is 0 Å². The summed E-state index contributed by atoms with van der Waals surface area (Å²) in [5.74, 6) is 0.287. The minimum atomic E-state index is 0. The van der Waals surface area contributed by atoms with E-state index in [2.05, 4.69) is 29.6 Å². The van der Waals surface area contributed by atoms with Gasteiger partial charge in [-0.25, -0.2) is 19.9 Å². The summed E-state index contributed by atoms with van der Waals surface area (Å²) in [6.07, 6.45) is 6.15. The van der Waals surface area contributed by atoms with Crippen molar-refractivity contribution in [1.82, 2.24) is 19.9 Å². The van der Waals surface area contributed by atoms with Gasteiger partial charge in [0.1, 0.15) is 0 Å². The van der Waals surface area contributed by atoms with Crippen molar-refractivity contribution < 1.29 is 57.2 Å². The van der Waals surface area contributed by atoms with Crippen LogP contribution >= 0.6 is 9.69 Å². The molecule has 0 aliphatic rings. The standard InChI is InChI=1S/4C5H5NO.ClH.2Ru/c4*7-5-3-1-2-4-6-5;;;/h4*1-4H,(H,6,7);1H;;/q;;;;;;+1/p-1. The maximum atomic E-state index is 8.52. The van der Waals surface area contributed by atoms with E-state index in [0.29, 0.717) is 0 Å². The zero-order valence-electron chi connectivity index (χ0n) is 15.9. The molecule has 0 aliphatic carbocycles. The topological polar surface area (TPSA) is 132 Å². The minimum Gasteiger partial charge on any atom is 0 e. The Labute approximate surface area is 207 Å². The van der Waals surface area contributed by atoms with Crippen LogP contribution in [-0.2, 0) is 36.8 Å². The van der Waals surface area contributed by atoms with Gasteiger partial charge in [0.15, 0.2) is 0 Å². The second kappa shape index (κ2) is 22.0. The van der Waals surface area contributed by atoms with Crippen LogP contribution in [0.5, 0.6) is 23.5 Å². The van der Waals surface area contributed by atoms with Crippen molar-refractivity contribution in [2.45, 2.75) is 0 Å². The van der Waals surface area contributed by atoms with Gasteiger partial charge in [0, 0.05) is 68.5 Å². The molecule has 0 atom stereocenters. The second-order valence-electron chi connectivity index (χ2n) is 4.75. The second-order valence-corrected chi connectivity index (χ2v) is 4.75. The summed E-state index contributed by atoms with van der Waals surface area (Å²) in [7, 11) is 4.57. The molecule has 0 spiro atoms. The van der Waals surface area contributed by atoms with Gasteiger partial charge >= 0.3 is 27.0 Å². The molecule has 0 bridgehead atoms. The Morgan fingerprint density at radius 2 is 0.645 bits per heavy atom. The number of halogens is 1. The molecule has 0 aromatic carbocycles. The minimum absolute atomic E-state index is 0. The fraction of sp³-hybridized carbons (Fsp3) is 0. The Kier molecular flexibility index (Phi) is 21.7. The van der Waals surface area contributed by atoms with Crippen LogP contribution in [-0.4, -0.2) is 40.4 Å². The Balaban J connectivity index is 0. The van der Waals surface area contributed by atoms with Crippen LogP contribution in [0.25, 0.3) is 0 Å². The van der Waals surface area contributed by atoms with Crippen LogP contribution in [0.4, 0.5) is 0 Å². The predicted molar refractivity (Wildman–Crippen MR) is 109 cm³/mol. The summed E-state index contributed by atoms with van der Waals surface area (Å²) < 4.78 is 0. The van der Waals surface area contributed by atoms with E-state index >= 15 is 0 Å². The number of pyridine rings is 4. The molecule has 4 rings (SSSR count). The average Bonchev–Trinajstić information content (AvgIpc) is 2.79. The molecular formula is C20H20ClN4O4Ru2. The fourth-order valence-corrected chi connectivity index (χ4v) is 1.41. The smallest absolute Gasteiger partial charge is 0 e. The summed E-state index contributed by atoms with van der Waals surface area (Å²) in [5, 5.41) is 34.1.